The highest BCUT2D eigenvalue weighted by molar-refractivity contribution is 6.33. The Morgan fingerprint density at radius 2 is 1.91 bits per heavy atom. The van der Waals surface area contributed by atoms with Crippen LogP contribution in [0.3, 0.4) is 0 Å². The number of benzene rings is 1. The number of hydrogen-bond donors (Lipinski definition) is 2. The van der Waals surface area contributed by atoms with Crippen molar-refractivity contribution in [1.82, 2.24) is 0 Å². The van der Waals surface area contributed by atoms with Crippen molar-refractivity contribution in [3.63, 3.8) is 0 Å². The molecule has 1 unspecified atom stereocenters. The third kappa shape index (κ3) is 7.34. The smallest absolute Gasteiger partial charge is 0.199 e. The summed E-state index contributed by atoms with van der Waals surface area (Å²) in [5, 5.41) is 17.9. The Bertz CT molecular complexity index is 1000. The fourth-order valence-electron chi connectivity index (χ4n) is 3.21. The SMILES string of the molecule is C=C(C)Oc1c(Cl)c(C)c(C=O)c(O)c1C/C=C(\C)CC/C=C(\C)C1=CC(=O)C(C)O1.CO. The molecule has 0 aromatic heterocycles. The number of phenolic OH excluding ortho intramolecular Hbond substituents is 1. The zero-order valence-electron chi connectivity index (χ0n) is 20.1. The molecule has 1 aromatic carbocycles. The topological polar surface area (TPSA) is 93.1 Å². The fourth-order valence-corrected chi connectivity index (χ4v) is 3.47. The number of aliphatic hydroxyl groups excluding tert-OH is 1. The minimum atomic E-state index is -0.416. The van der Waals surface area contributed by atoms with Gasteiger partial charge in [0.05, 0.1) is 16.3 Å². The summed E-state index contributed by atoms with van der Waals surface area (Å²) in [6.45, 7) is 12.7. The van der Waals surface area contributed by atoms with Gasteiger partial charge in [0.1, 0.15) is 11.5 Å². The van der Waals surface area contributed by atoms with E-state index in [4.69, 9.17) is 26.2 Å². The summed E-state index contributed by atoms with van der Waals surface area (Å²) in [6, 6.07) is 0. The number of ether oxygens (including phenoxy) is 2. The summed E-state index contributed by atoms with van der Waals surface area (Å²) in [7, 11) is 1.00. The average Bonchev–Trinajstić information content (AvgIpc) is 3.11. The van der Waals surface area contributed by atoms with E-state index < -0.39 is 6.10 Å². The van der Waals surface area contributed by atoms with Crippen LogP contribution < -0.4 is 4.74 Å². The van der Waals surface area contributed by atoms with E-state index in [9.17, 15) is 14.7 Å². The Hall–Kier alpha value is -2.83. The van der Waals surface area contributed by atoms with Gasteiger partial charge < -0.3 is 19.7 Å². The van der Waals surface area contributed by atoms with Gasteiger partial charge in [0.2, 0.25) is 0 Å². The van der Waals surface area contributed by atoms with Crippen molar-refractivity contribution in [2.24, 2.45) is 0 Å². The van der Waals surface area contributed by atoms with Crippen molar-refractivity contribution in [2.45, 2.75) is 60.0 Å². The average molecular weight is 477 g/mol. The van der Waals surface area contributed by atoms with E-state index in [1.807, 2.05) is 26.0 Å². The minimum Gasteiger partial charge on any atom is -0.507 e. The number of allylic oxidation sites excluding steroid dienone is 5. The van der Waals surface area contributed by atoms with Crippen molar-refractivity contribution in [2.75, 3.05) is 7.11 Å². The van der Waals surface area contributed by atoms with Crippen LogP contribution in [0.4, 0.5) is 0 Å². The van der Waals surface area contributed by atoms with Crippen LogP contribution in [-0.2, 0) is 16.0 Å². The van der Waals surface area contributed by atoms with Crippen LogP contribution in [0, 0.1) is 6.92 Å². The highest BCUT2D eigenvalue weighted by Gasteiger charge is 2.23. The molecular formula is C26H33ClO6. The molecule has 33 heavy (non-hydrogen) atoms. The minimum absolute atomic E-state index is 0.0159. The molecular weight excluding hydrogens is 444 g/mol. The summed E-state index contributed by atoms with van der Waals surface area (Å²) < 4.78 is 11.2. The van der Waals surface area contributed by atoms with Crippen molar-refractivity contribution < 1.29 is 29.3 Å². The first-order valence-corrected chi connectivity index (χ1v) is 11.0. The number of rotatable bonds is 9. The molecule has 1 aromatic rings. The molecule has 2 N–H and O–H groups in total. The number of aromatic hydroxyl groups is 1. The predicted octanol–water partition coefficient (Wildman–Crippen LogP) is 5.77. The molecule has 2 rings (SSSR count). The Morgan fingerprint density at radius 1 is 1.27 bits per heavy atom. The van der Waals surface area contributed by atoms with Crippen LogP contribution in [-0.4, -0.2) is 35.5 Å². The lowest BCUT2D eigenvalue weighted by Gasteiger charge is -2.17. The van der Waals surface area contributed by atoms with Gasteiger partial charge in [0, 0.05) is 18.7 Å². The molecule has 1 aliphatic heterocycles. The third-order valence-corrected chi connectivity index (χ3v) is 5.61. The number of ketones is 1. The van der Waals surface area contributed by atoms with E-state index in [1.165, 1.54) is 6.08 Å². The summed E-state index contributed by atoms with van der Waals surface area (Å²) in [5.41, 5.74) is 3.10. The molecule has 1 aliphatic rings. The Labute approximate surface area is 200 Å². The maximum absolute atomic E-state index is 11.6. The number of carbonyl (C=O) groups is 2. The van der Waals surface area contributed by atoms with Crippen molar-refractivity contribution >= 4 is 23.7 Å². The highest BCUT2D eigenvalue weighted by atomic mass is 35.5. The van der Waals surface area contributed by atoms with Gasteiger partial charge in [-0.25, -0.2) is 0 Å². The lowest BCUT2D eigenvalue weighted by atomic mass is 9.98. The van der Waals surface area contributed by atoms with E-state index >= 15 is 0 Å². The second kappa shape index (κ2) is 13.0. The maximum atomic E-state index is 11.6. The van der Waals surface area contributed by atoms with Gasteiger partial charge in [-0.15, -0.1) is 0 Å². The van der Waals surface area contributed by atoms with Crippen LogP contribution in [0.25, 0.3) is 0 Å². The number of aldehydes is 1. The molecule has 0 spiro atoms. The third-order valence-electron chi connectivity index (χ3n) is 5.15. The van der Waals surface area contributed by atoms with E-state index in [0.29, 0.717) is 41.1 Å². The zero-order valence-corrected chi connectivity index (χ0v) is 20.9. The second-order valence-electron chi connectivity index (χ2n) is 7.78. The Balaban J connectivity index is 0.00000265. The normalized spacial score (nSPS) is 15.9. The van der Waals surface area contributed by atoms with Crippen LogP contribution >= 0.6 is 11.6 Å². The zero-order chi connectivity index (χ0) is 25.3. The van der Waals surface area contributed by atoms with Crippen molar-refractivity contribution in [3.8, 4) is 11.5 Å². The fraction of sp³-hybridized carbons (Fsp3) is 0.385. The van der Waals surface area contributed by atoms with Crippen molar-refractivity contribution in [3.05, 3.63) is 69.2 Å². The monoisotopic (exact) mass is 476 g/mol. The summed E-state index contributed by atoms with van der Waals surface area (Å²) in [6.07, 6.45) is 7.63. The van der Waals surface area contributed by atoms with Crippen LogP contribution in [0.1, 0.15) is 62.0 Å². The number of halogens is 1. The van der Waals surface area contributed by atoms with Gasteiger partial charge >= 0.3 is 0 Å². The predicted molar refractivity (Wildman–Crippen MR) is 131 cm³/mol. The number of carbonyl (C=O) groups excluding carboxylic acids is 2. The summed E-state index contributed by atoms with van der Waals surface area (Å²) in [4.78, 5) is 23.0. The Morgan fingerprint density at radius 3 is 2.42 bits per heavy atom. The first kappa shape index (κ1) is 28.2. The van der Waals surface area contributed by atoms with E-state index in [0.717, 1.165) is 31.1 Å². The highest BCUT2D eigenvalue weighted by Crippen LogP contribution is 2.42. The van der Waals surface area contributed by atoms with E-state index in [-0.39, 0.29) is 22.1 Å². The molecule has 0 bridgehead atoms. The van der Waals surface area contributed by atoms with Crippen LogP contribution in [0.2, 0.25) is 5.02 Å². The van der Waals surface area contributed by atoms with Crippen LogP contribution in [0.5, 0.6) is 11.5 Å². The first-order valence-electron chi connectivity index (χ1n) is 10.6. The van der Waals surface area contributed by atoms with Gasteiger partial charge in [0.15, 0.2) is 23.9 Å². The lowest BCUT2D eigenvalue weighted by Crippen LogP contribution is -2.10. The number of aliphatic hydroxyl groups is 1. The molecule has 0 saturated carbocycles. The van der Waals surface area contributed by atoms with Gasteiger partial charge in [-0.05, 0) is 65.0 Å². The van der Waals surface area contributed by atoms with E-state index in [1.54, 1.807) is 20.8 Å². The molecule has 0 aliphatic carbocycles. The molecule has 1 atom stereocenters. The molecule has 0 saturated heterocycles. The molecule has 6 nitrogen and oxygen atoms in total. The second-order valence-corrected chi connectivity index (χ2v) is 8.16. The van der Waals surface area contributed by atoms with Gasteiger partial charge in [-0.3, -0.25) is 9.59 Å². The van der Waals surface area contributed by atoms with Gasteiger partial charge in [-0.2, -0.15) is 0 Å². The van der Waals surface area contributed by atoms with Gasteiger partial charge in [-0.1, -0.05) is 35.9 Å². The quantitative estimate of drug-likeness (QED) is 0.267. The molecule has 180 valence electrons. The molecule has 1 heterocycles. The van der Waals surface area contributed by atoms with Crippen molar-refractivity contribution in [1.29, 1.82) is 0 Å². The number of phenols is 1. The Kier molecular flexibility index (Phi) is 11.1. The largest absolute Gasteiger partial charge is 0.507 e. The molecule has 0 fully saturated rings. The van der Waals surface area contributed by atoms with Gasteiger partial charge in [0.25, 0.3) is 0 Å². The molecule has 0 amide bonds. The number of hydrogen-bond acceptors (Lipinski definition) is 6. The standard InChI is InChI=1S/C25H29ClO5.CH4O/c1-14(2)30-25-19(24(29)20(13-27)17(5)23(25)26)11-10-15(3)8-7-9-16(4)22-12-21(28)18(6)31-22;1-2/h9-10,12-13,18,29H,1,7-8,11H2,2-6H3;2H,1H3/b15-10+,16-9+;. The van der Waals surface area contributed by atoms with Crippen LogP contribution in [0.15, 0.2) is 47.5 Å². The first-order chi connectivity index (χ1) is 15.6. The maximum Gasteiger partial charge on any atom is 0.199 e. The molecule has 7 heteroatoms. The van der Waals surface area contributed by atoms with E-state index in [2.05, 4.69) is 6.58 Å². The summed E-state index contributed by atoms with van der Waals surface area (Å²) >= 11 is 6.41. The molecule has 0 radical (unpaired) electrons. The summed E-state index contributed by atoms with van der Waals surface area (Å²) in [5.74, 6) is 1.23. The lowest BCUT2D eigenvalue weighted by molar-refractivity contribution is -0.119.